The number of benzene rings is 1. The van der Waals surface area contributed by atoms with Gasteiger partial charge in [-0.15, -0.1) is 0 Å². The standard InChI is InChI=1S/C10H9N3/c11-8-4-7-2-1-3-9-10(7)13(5-8)6-12-9/h1-3,5-6H,4,11H2. The first-order chi connectivity index (χ1) is 6.34. The molecule has 0 atom stereocenters. The van der Waals surface area contributed by atoms with Crippen molar-refractivity contribution in [3.63, 3.8) is 0 Å². The van der Waals surface area contributed by atoms with Gasteiger partial charge in [0, 0.05) is 18.3 Å². The lowest BCUT2D eigenvalue weighted by Crippen LogP contribution is -2.08. The van der Waals surface area contributed by atoms with E-state index in [4.69, 9.17) is 5.73 Å². The highest BCUT2D eigenvalue weighted by molar-refractivity contribution is 5.82. The second-order valence-corrected chi connectivity index (χ2v) is 3.32. The van der Waals surface area contributed by atoms with Gasteiger partial charge in [0.15, 0.2) is 0 Å². The van der Waals surface area contributed by atoms with Gasteiger partial charge >= 0.3 is 0 Å². The number of nitrogens with two attached hydrogens (primary N) is 1. The van der Waals surface area contributed by atoms with Crippen molar-refractivity contribution in [1.29, 1.82) is 0 Å². The van der Waals surface area contributed by atoms with E-state index in [-0.39, 0.29) is 0 Å². The summed E-state index contributed by atoms with van der Waals surface area (Å²) in [6.07, 6.45) is 4.57. The van der Waals surface area contributed by atoms with Crippen LogP contribution in [0.15, 0.2) is 30.2 Å². The molecular formula is C10H9N3. The van der Waals surface area contributed by atoms with Crippen LogP contribution < -0.4 is 5.73 Å². The van der Waals surface area contributed by atoms with Crippen LogP contribution in [0.2, 0.25) is 0 Å². The van der Waals surface area contributed by atoms with Crippen LogP contribution in [0.3, 0.4) is 0 Å². The van der Waals surface area contributed by atoms with Crippen LogP contribution in [0.25, 0.3) is 17.2 Å². The molecule has 1 aliphatic rings. The van der Waals surface area contributed by atoms with Crippen molar-refractivity contribution in [1.82, 2.24) is 9.55 Å². The Kier molecular flexibility index (Phi) is 1.10. The molecular weight excluding hydrogens is 162 g/mol. The first-order valence-corrected chi connectivity index (χ1v) is 4.25. The van der Waals surface area contributed by atoms with Gasteiger partial charge in [-0.1, -0.05) is 12.1 Å². The van der Waals surface area contributed by atoms with Crippen LogP contribution in [-0.4, -0.2) is 9.55 Å². The van der Waals surface area contributed by atoms with E-state index < -0.39 is 0 Å². The lowest BCUT2D eigenvalue weighted by molar-refractivity contribution is 1.04. The molecule has 3 heteroatoms. The highest BCUT2D eigenvalue weighted by Crippen LogP contribution is 2.23. The van der Waals surface area contributed by atoms with Crippen LogP contribution in [0.4, 0.5) is 0 Å². The second kappa shape index (κ2) is 2.13. The lowest BCUT2D eigenvalue weighted by Gasteiger charge is -2.11. The van der Waals surface area contributed by atoms with Gasteiger partial charge < -0.3 is 10.3 Å². The summed E-state index contributed by atoms with van der Waals surface area (Å²) in [4.78, 5) is 4.29. The summed E-state index contributed by atoms with van der Waals surface area (Å²) in [5.41, 5.74) is 10.2. The van der Waals surface area contributed by atoms with Crippen LogP contribution in [-0.2, 0) is 6.42 Å². The SMILES string of the molecule is NC1=Cn2cnc3cccc(c32)C1. The third kappa shape index (κ3) is 0.811. The fourth-order valence-corrected chi connectivity index (χ4v) is 1.85. The number of rotatable bonds is 0. The molecule has 1 aromatic carbocycles. The van der Waals surface area contributed by atoms with Crippen molar-refractivity contribution in [2.24, 2.45) is 5.73 Å². The van der Waals surface area contributed by atoms with E-state index in [9.17, 15) is 0 Å². The molecule has 0 amide bonds. The molecule has 13 heavy (non-hydrogen) atoms. The van der Waals surface area contributed by atoms with Crippen molar-refractivity contribution < 1.29 is 0 Å². The predicted molar refractivity (Wildman–Crippen MR) is 51.9 cm³/mol. The van der Waals surface area contributed by atoms with E-state index in [1.165, 1.54) is 11.1 Å². The molecule has 0 aliphatic carbocycles. The van der Waals surface area contributed by atoms with Crippen molar-refractivity contribution in [2.75, 3.05) is 0 Å². The zero-order chi connectivity index (χ0) is 8.84. The van der Waals surface area contributed by atoms with Gasteiger partial charge in [0.05, 0.1) is 17.4 Å². The summed E-state index contributed by atoms with van der Waals surface area (Å²) in [6, 6.07) is 6.14. The minimum Gasteiger partial charge on any atom is -0.401 e. The third-order valence-corrected chi connectivity index (χ3v) is 2.38. The van der Waals surface area contributed by atoms with E-state index in [1.807, 2.05) is 22.9 Å². The summed E-state index contributed by atoms with van der Waals surface area (Å²) < 4.78 is 1.99. The number of para-hydroxylation sites is 1. The zero-order valence-corrected chi connectivity index (χ0v) is 7.07. The van der Waals surface area contributed by atoms with E-state index in [2.05, 4.69) is 11.1 Å². The van der Waals surface area contributed by atoms with Gasteiger partial charge in [0.25, 0.3) is 0 Å². The Morgan fingerprint density at radius 3 is 3.23 bits per heavy atom. The summed E-state index contributed by atoms with van der Waals surface area (Å²) in [7, 11) is 0. The largest absolute Gasteiger partial charge is 0.401 e. The maximum Gasteiger partial charge on any atom is 0.1000 e. The first-order valence-electron chi connectivity index (χ1n) is 4.25. The van der Waals surface area contributed by atoms with Gasteiger partial charge in [-0.3, -0.25) is 0 Å². The average Bonchev–Trinajstić information content (AvgIpc) is 2.50. The van der Waals surface area contributed by atoms with Crippen molar-refractivity contribution in [3.8, 4) is 0 Å². The molecule has 1 aromatic heterocycles. The van der Waals surface area contributed by atoms with Gasteiger partial charge in [0.2, 0.25) is 0 Å². The van der Waals surface area contributed by atoms with Crippen LogP contribution in [0, 0.1) is 0 Å². The Hall–Kier alpha value is -1.77. The smallest absolute Gasteiger partial charge is 0.1000 e. The molecule has 1 aliphatic heterocycles. The fourth-order valence-electron chi connectivity index (χ4n) is 1.85. The maximum atomic E-state index is 5.80. The summed E-state index contributed by atoms with van der Waals surface area (Å²) in [5, 5.41) is 0. The quantitative estimate of drug-likeness (QED) is 0.650. The first kappa shape index (κ1) is 6.71. The predicted octanol–water partition coefficient (Wildman–Crippen LogP) is 1.35. The van der Waals surface area contributed by atoms with Gasteiger partial charge in [-0.05, 0) is 11.6 Å². The van der Waals surface area contributed by atoms with Gasteiger partial charge in [0.1, 0.15) is 0 Å². The van der Waals surface area contributed by atoms with Crippen LogP contribution >= 0.6 is 0 Å². The maximum absolute atomic E-state index is 5.80. The minimum absolute atomic E-state index is 0.836. The second-order valence-electron chi connectivity index (χ2n) is 3.32. The highest BCUT2D eigenvalue weighted by Gasteiger charge is 2.11. The average molecular weight is 171 g/mol. The molecule has 3 rings (SSSR count). The summed E-state index contributed by atoms with van der Waals surface area (Å²) in [5.74, 6) is 0. The number of imidazole rings is 1. The monoisotopic (exact) mass is 171 g/mol. The topological polar surface area (TPSA) is 43.8 Å². The molecule has 0 fully saturated rings. The Morgan fingerprint density at radius 2 is 2.31 bits per heavy atom. The number of allylic oxidation sites excluding steroid dienone is 1. The van der Waals surface area contributed by atoms with Crippen LogP contribution in [0.5, 0.6) is 0 Å². The van der Waals surface area contributed by atoms with Gasteiger partial charge in [-0.2, -0.15) is 0 Å². The van der Waals surface area contributed by atoms with Crippen molar-refractivity contribution in [2.45, 2.75) is 6.42 Å². The lowest BCUT2D eigenvalue weighted by atomic mass is 10.1. The Labute approximate surface area is 75.5 Å². The van der Waals surface area contributed by atoms with Crippen molar-refractivity contribution in [3.05, 3.63) is 35.8 Å². The highest BCUT2D eigenvalue weighted by atomic mass is 15.0. The van der Waals surface area contributed by atoms with E-state index in [1.54, 1.807) is 6.33 Å². The van der Waals surface area contributed by atoms with E-state index in [0.29, 0.717) is 0 Å². The number of nitrogens with zero attached hydrogens (tertiary/aromatic N) is 2. The Balaban J connectivity index is 2.49. The molecule has 0 saturated carbocycles. The molecule has 0 spiro atoms. The third-order valence-electron chi connectivity index (χ3n) is 2.38. The molecule has 0 unspecified atom stereocenters. The minimum atomic E-state index is 0.836. The van der Waals surface area contributed by atoms with Crippen molar-refractivity contribution >= 4 is 17.2 Å². The molecule has 2 N–H and O–H groups in total. The molecule has 2 aromatic rings. The fraction of sp³-hybridized carbons (Fsp3) is 0.100. The zero-order valence-electron chi connectivity index (χ0n) is 7.07. The van der Waals surface area contributed by atoms with E-state index >= 15 is 0 Å². The number of hydrogen-bond donors (Lipinski definition) is 1. The molecule has 0 bridgehead atoms. The molecule has 3 nitrogen and oxygen atoms in total. The van der Waals surface area contributed by atoms with E-state index in [0.717, 1.165) is 17.6 Å². The Bertz CT molecular complexity index is 508. The summed E-state index contributed by atoms with van der Waals surface area (Å²) in [6.45, 7) is 0. The molecule has 64 valence electrons. The molecule has 2 heterocycles. The number of hydrogen-bond acceptors (Lipinski definition) is 2. The molecule has 0 radical (unpaired) electrons. The Morgan fingerprint density at radius 1 is 1.38 bits per heavy atom. The van der Waals surface area contributed by atoms with Crippen LogP contribution in [0.1, 0.15) is 5.56 Å². The normalized spacial score (nSPS) is 14.6. The van der Waals surface area contributed by atoms with Gasteiger partial charge in [-0.25, -0.2) is 4.98 Å². The number of aromatic nitrogens is 2. The molecule has 0 saturated heterocycles. The summed E-state index contributed by atoms with van der Waals surface area (Å²) >= 11 is 0.